The Balaban J connectivity index is 1.74. The summed E-state index contributed by atoms with van der Waals surface area (Å²) in [6.45, 7) is 4.33. The van der Waals surface area contributed by atoms with E-state index in [1.807, 2.05) is 0 Å². The molecule has 0 aromatic heterocycles. The molecular formula is C13H26N2O. The van der Waals surface area contributed by atoms with Gasteiger partial charge in [-0.1, -0.05) is 19.3 Å². The standard InChI is InChI=1S/C13H26N2O/c16-13(11-15-9-5-2-6-10-15)12-7-3-1-4-8-14-12/h12-14,16H,1-11H2. The maximum absolute atomic E-state index is 10.2. The fraction of sp³-hybridized carbons (Fsp3) is 1.00. The van der Waals surface area contributed by atoms with Gasteiger partial charge in [-0.25, -0.2) is 0 Å². The minimum absolute atomic E-state index is 0.170. The molecule has 0 aliphatic carbocycles. The van der Waals surface area contributed by atoms with E-state index in [9.17, 15) is 5.11 Å². The molecule has 0 amide bonds. The maximum Gasteiger partial charge on any atom is 0.0819 e. The molecule has 2 heterocycles. The molecule has 2 fully saturated rings. The van der Waals surface area contributed by atoms with E-state index >= 15 is 0 Å². The van der Waals surface area contributed by atoms with Crippen LogP contribution in [0.2, 0.25) is 0 Å². The SMILES string of the molecule is OC(CN1CCCCC1)C1CCCCCN1. The van der Waals surface area contributed by atoms with Gasteiger partial charge in [-0.2, -0.15) is 0 Å². The highest BCUT2D eigenvalue weighted by Gasteiger charge is 2.23. The summed E-state index contributed by atoms with van der Waals surface area (Å²) in [5.74, 6) is 0. The molecule has 0 aromatic rings. The summed E-state index contributed by atoms with van der Waals surface area (Å²) >= 11 is 0. The molecule has 0 saturated carbocycles. The number of rotatable bonds is 3. The largest absolute Gasteiger partial charge is 0.390 e. The number of aliphatic hydroxyl groups is 1. The lowest BCUT2D eigenvalue weighted by Gasteiger charge is -2.31. The Morgan fingerprint density at radius 3 is 2.62 bits per heavy atom. The molecule has 2 aliphatic rings. The van der Waals surface area contributed by atoms with Gasteiger partial charge in [-0.15, -0.1) is 0 Å². The zero-order chi connectivity index (χ0) is 11.2. The molecule has 3 nitrogen and oxygen atoms in total. The average molecular weight is 226 g/mol. The molecule has 16 heavy (non-hydrogen) atoms. The lowest BCUT2D eigenvalue weighted by Crippen LogP contribution is -2.47. The van der Waals surface area contributed by atoms with Crippen LogP contribution in [-0.4, -0.2) is 48.3 Å². The Morgan fingerprint density at radius 2 is 1.81 bits per heavy atom. The van der Waals surface area contributed by atoms with E-state index in [1.54, 1.807) is 0 Å². The van der Waals surface area contributed by atoms with E-state index in [0.717, 1.165) is 19.5 Å². The fourth-order valence-corrected chi connectivity index (χ4v) is 2.92. The third kappa shape index (κ3) is 3.72. The topological polar surface area (TPSA) is 35.5 Å². The number of nitrogens with zero attached hydrogens (tertiary/aromatic N) is 1. The molecule has 2 rings (SSSR count). The van der Waals surface area contributed by atoms with Crippen LogP contribution in [-0.2, 0) is 0 Å². The molecule has 3 heteroatoms. The average Bonchev–Trinajstić information content (AvgIpc) is 2.59. The maximum atomic E-state index is 10.2. The van der Waals surface area contributed by atoms with Crippen molar-refractivity contribution < 1.29 is 5.11 Å². The van der Waals surface area contributed by atoms with Crippen molar-refractivity contribution in [3.05, 3.63) is 0 Å². The lowest BCUT2D eigenvalue weighted by atomic mass is 10.0. The summed E-state index contributed by atoms with van der Waals surface area (Å²) in [5, 5.41) is 13.7. The van der Waals surface area contributed by atoms with Gasteiger partial charge in [-0.3, -0.25) is 0 Å². The van der Waals surface area contributed by atoms with Gasteiger partial charge in [-0.05, 0) is 45.3 Å². The Bertz CT molecular complexity index is 184. The molecular weight excluding hydrogens is 200 g/mol. The van der Waals surface area contributed by atoms with Crippen LogP contribution in [0.4, 0.5) is 0 Å². The summed E-state index contributed by atoms with van der Waals surface area (Å²) in [5.41, 5.74) is 0. The van der Waals surface area contributed by atoms with Gasteiger partial charge in [0.05, 0.1) is 6.10 Å². The van der Waals surface area contributed by atoms with E-state index < -0.39 is 0 Å². The molecule has 2 N–H and O–H groups in total. The molecule has 0 spiro atoms. The van der Waals surface area contributed by atoms with E-state index in [4.69, 9.17) is 0 Å². The Morgan fingerprint density at radius 1 is 1.06 bits per heavy atom. The predicted octanol–water partition coefficient (Wildman–Crippen LogP) is 1.37. The minimum Gasteiger partial charge on any atom is -0.390 e. The van der Waals surface area contributed by atoms with E-state index in [-0.39, 0.29) is 6.10 Å². The van der Waals surface area contributed by atoms with Crippen molar-refractivity contribution in [2.75, 3.05) is 26.2 Å². The Labute approximate surface area is 99.2 Å². The summed E-state index contributed by atoms with van der Waals surface area (Å²) in [7, 11) is 0. The molecule has 2 atom stereocenters. The van der Waals surface area contributed by atoms with Crippen molar-refractivity contribution in [1.29, 1.82) is 0 Å². The molecule has 0 bridgehead atoms. The van der Waals surface area contributed by atoms with Crippen LogP contribution in [0.15, 0.2) is 0 Å². The van der Waals surface area contributed by atoms with Gasteiger partial charge in [0.1, 0.15) is 0 Å². The third-order valence-electron chi connectivity index (χ3n) is 3.96. The van der Waals surface area contributed by atoms with Crippen LogP contribution < -0.4 is 5.32 Å². The van der Waals surface area contributed by atoms with Crippen molar-refractivity contribution in [3.8, 4) is 0 Å². The summed E-state index contributed by atoms with van der Waals surface area (Å²) in [4.78, 5) is 2.43. The van der Waals surface area contributed by atoms with Crippen molar-refractivity contribution in [2.45, 2.75) is 57.1 Å². The zero-order valence-electron chi connectivity index (χ0n) is 10.3. The number of likely N-dealkylation sites (tertiary alicyclic amines) is 1. The Hall–Kier alpha value is -0.120. The summed E-state index contributed by atoms with van der Waals surface area (Å²) < 4.78 is 0. The first kappa shape index (κ1) is 12.3. The molecule has 0 radical (unpaired) electrons. The second kappa shape index (κ2) is 6.58. The van der Waals surface area contributed by atoms with Crippen molar-refractivity contribution in [3.63, 3.8) is 0 Å². The molecule has 94 valence electrons. The number of hydrogen-bond donors (Lipinski definition) is 2. The predicted molar refractivity (Wildman–Crippen MR) is 66.6 cm³/mol. The second-order valence-corrected chi connectivity index (χ2v) is 5.34. The van der Waals surface area contributed by atoms with Crippen LogP contribution in [0.25, 0.3) is 0 Å². The van der Waals surface area contributed by atoms with Crippen LogP contribution in [0.5, 0.6) is 0 Å². The summed E-state index contributed by atoms with van der Waals surface area (Å²) in [6, 6.07) is 0.337. The monoisotopic (exact) mass is 226 g/mol. The normalized spacial score (nSPS) is 30.9. The first-order chi connectivity index (χ1) is 7.86. The van der Waals surface area contributed by atoms with Crippen LogP contribution in [0, 0.1) is 0 Å². The van der Waals surface area contributed by atoms with Gasteiger partial charge in [0, 0.05) is 12.6 Å². The number of nitrogens with one attached hydrogen (secondary N) is 1. The highest BCUT2D eigenvalue weighted by molar-refractivity contribution is 4.81. The molecule has 0 aromatic carbocycles. The molecule has 2 saturated heterocycles. The number of β-amino-alcohol motifs (C(OH)–C–C–N with tert-alkyl or cyclic N) is 1. The van der Waals surface area contributed by atoms with Gasteiger partial charge in [0.25, 0.3) is 0 Å². The van der Waals surface area contributed by atoms with Crippen LogP contribution in [0.1, 0.15) is 44.9 Å². The van der Waals surface area contributed by atoms with E-state index in [1.165, 1.54) is 51.6 Å². The van der Waals surface area contributed by atoms with Gasteiger partial charge in [0.15, 0.2) is 0 Å². The number of piperidine rings is 1. The van der Waals surface area contributed by atoms with Crippen LogP contribution in [0.3, 0.4) is 0 Å². The van der Waals surface area contributed by atoms with Crippen molar-refractivity contribution in [1.82, 2.24) is 10.2 Å². The summed E-state index contributed by atoms with van der Waals surface area (Å²) in [6.07, 6.45) is 8.83. The van der Waals surface area contributed by atoms with Gasteiger partial charge < -0.3 is 15.3 Å². The second-order valence-electron chi connectivity index (χ2n) is 5.34. The lowest BCUT2D eigenvalue weighted by molar-refractivity contribution is 0.0699. The van der Waals surface area contributed by atoms with E-state index in [2.05, 4.69) is 10.2 Å². The van der Waals surface area contributed by atoms with Gasteiger partial charge >= 0.3 is 0 Å². The smallest absolute Gasteiger partial charge is 0.0819 e. The first-order valence-electron chi connectivity index (χ1n) is 7.00. The fourth-order valence-electron chi connectivity index (χ4n) is 2.92. The number of aliphatic hydroxyl groups excluding tert-OH is 1. The minimum atomic E-state index is -0.170. The Kier molecular flexibility index (Phi) is 5.07. The number of hydrogen-bond acceptors (Lipinski definition) is 3. The van der Waals surface area contributed by atoms with E-state index in [0.29, 0.717) is 6.04 Å². The molecule has 2 aliphatic heterocycles. The van der Waals surface area contributed by atoms with Crippen molar-refractivity contribution >= 4 is 0 Å². The van der Waals surface area contributed by atoms with Crippen LogP contribution >= 0.6 is 0 Å². The first-order valence-corrected chi connectivity index (χ1v) is 7.00. The highest BCUT2D eigenvalue weighted by atomic mass is 16.3. The van der Waals surface area contributed by atoms with Crippen molar-refractivity contribution in [2.24, 2.45) is 0 Å². The van der Waals surface area contributed by atoms with Gasteiger partial charge in [0.2, 0.25) is 0 Å². The highest BCUT2D eigenvalue weighted by Crippen LogP contribution is 2.14. The zero-order valence-corrected chi connectivity index (χ0v) is 10.3. The third-order valence-corrected chi connectivity index (χ3v) is 3.96. The quantitative estimate of drug-likeness (QED) is 0.763. The molecule has 2 unspecified atom stereocenters.